The molecule has 0 heterocycles. The van der Waals surface area contributed by atoms with E-state index in [4.69, 9.17) is 10.2 Å². The summed E-state index contributed by atoms with van der Waals surface area (Å²) < 4.78 is 0. The molecule has 0 saturated carbocycles. The van der Waals surface area contributed by atoms with Crippen LogP contribution in [-0.4, -0.2) is 27.3 Å². The molecule has 0 aliphatic heterocycles. The summed E-state index contributed by atoms with van der Waals surface area (Å²) in [7, 11) is 0. The van der Waals surface area contributed by atoms with Gasteiger partial charge in [0.25, 0.3) is 0 Å². The average molecular weight is 282 g/mol. The Labute approximate surface area is 106 Å². The molecule has 0 aromatic carbocycles. The first-order valence-corrected chi connectivity index (χ1v) is 4.01. The van der Waals surface area contributed by atoms with E-state index in [0.717, 1.165) is 0 Å². The summed E-state index contributed by atoms with van der Waals surface area (Å²) in [5.41, 5.74) is 0. The van der Waals surface area contributed by atoms with E-state index in [-0.39, 0.29) is 45.6 Å². The van der Waals surface area contributed by atoms with Crippen LogP contribution in [0.3, 0.4) is 0 Å². The molecule has 0 rings (SSSR count). The molecule has 99 valence electrons. The summed E-state index contributed by atoms with van der Waals surface area (Å²) in [6.45, 7) is 5.70. The Kier molecular flexibility index (Phi) is 21.0. The first-order chi connectivity index (χ1) is 6.25. The van der Waals surface area contributed by atoms with Crippen LogP contribution < -0.4 is 0 Å². The molecule has 0 saturated heterocycles. The van der Waals surface area contributed by atoms with Gasteiger partial charge in [-0.1, -0.05) is 0 Å². The topological polar surface area (TPSA) is 106 Å². The number of hydrogen-bond acceptors (Lipinski definition) is 4. The molecule has 0 amide bonds. The van der Waals surface area contributed by atoms with Crippen molar-refractivity contribution in [2.45, 2.75) is 27.7 Å². The normalized spacial score (nSPS) is 10.0. The van der Waals surface area contributed by atoms with Crippen molar-refractivity contribution in [3.05, 3.63) is 23.7 Å². The summed E-state index contributed by atoms with van der Waals surface area (Å²) in [6.07, 6.45) is 2.33. The zero-order chi connectivity index (χ0) is 11.7. The maximum atomic E-state index is 10.0. The molecular weight excluding hydrogens is 264 g/mol. The summed E-state index contributed by atoms with van der Waals surface area (Å²) in [6, 6.07) is 0. The molecule has 6 heteroatoms. The fourth-order valence-electron chi connectivity index (χ4n) is 0.588. The summed E-state index contributed by atoms with van der Waals surface area (Å²) >= 11 is 0. The smallest absolute Gasteiger partial charge is 0.155 e. The number of rotatable bonds is 2. The number of aliphatic hydroxyl groups is 2. The first kappa shape index (κ1) is 24.2. The standard InChI is InChI=1S/2C5H8O2.Cu.H2O/c2*1-4(6)3-5(2)7;;/h2*3,6H,1-2H3;;1H2/b2*4-3-;;. The van der Waals surface area contributed by atoms with E-state index in [0.29, 0.717) is 0 Å². The maximum absolute atomic E-state index is 10.0. The Morgan fingerprint density at radius 3 is 1.00 bits per heavy atom. The largest absolute Gasteiger partial charge is 0.512 e. The number of hydrogen-bond donors (Lipinski definition) is 2. The van der Waals surface area contributed by atoms with Crippen LogP contribution in [0.2, 0.25) is 0 Å². The Morgan fingerprint density at radius 2 is 1.00 bits per heavy atom. The molecular formula is C10H18CuO5. The second-order valence-electron chi connectivity index (χ2n) is 2.79. The van der Waals surface area contributed by atoms with E-state index in [9.17, 15) is 9.59 Å². The third kappa shape index (κ3) is 38.4. The van der Waals surface area contributed by atoms with Crippen molar-refractivity contribution >= 4 is 11.6 Å². The fraction of sp³-hybridized carbons (Fsp3) is 0.400. The van der Waals surface area contributed by atoms with Gasteiger partial charge in [-0.15, -0.1) is 0 Å². The van der Waals surface area contributed by atoms with Gasteiger partial charge in [0, 0.05) is 29.2 Å². The van der Waals surface area contributed by atoms with Crippen LogP contribution in [-0.2, 0) is 26.7 Å². The minimum atomic E-state index is -0.125. The van der Waals surface area contributed by atoms with Gasteiger partial charge < -0.3 is 15.7 Å². The predicted molar refractivity (Wildman–Crippen MR) is 57.7 cm³/mol. The van der Waals surface area contributed by atoms with Crippen LogP contribution in [0.5, 0.6) is 0 Å². The van der Waals surface area contributed by atoms with Crippen molar-refractivity contribution in [3.63, 3.8) is 0 Å². The molecule has 0 aromatic heterocycles. The van der Waals surface area contributed by atoms with Gasteiger partial charge >= 0.3 is 0 Å². The average Bonchev–Trinajstić information content (AvgIpc) is 1.79. The molecule has 0 aliphatic rings. The fourth-order valence-corrected chi connectivity index (χ4v) is 0.588. The quantitative estimate of drug-likeness (QED) is 0.451. The van der Waals surface area contributed by atoms with Crippen molar-refractivity contribution < 1.29 is 42.3 Å². The van der Waals surface area contributed by atoms with Crippen LogP contribution >= 0.6 is 0 Å². The SMILES string of the molecule is CC(=O)/C=C(/C)O.CC(=O)/C=C(/C)O.O.[Cu]. The van der Waals surface area contributed by atoms with Gasteiger partial charge in [-0.3, -0.25) is 9.59 Å². The Balaban J connectivity index is -0.0000000800. The van der Waals surface area contributed by atoms with Crippen molar-refractivity contribution in [1.29, 1.82) is 0 Å². The van der Waals surface area contributed by atoms with Crippen molar-refractivity contribution in [3.8, 4) is 0 Å². The predicted octanol–water partition coefficient (Wildman–Crippen LogP) is 1.25. The van der Waals surface area contributed by atoms with Crippen LogP contribution in [0.1, 0.15) is 27.7 Å². The molecule has 16 heavy (non-hydrogen) atoms. The third-order valence-corrected chi connectivity index (χ3v) is 0.824. The molecule has 0 unspecified atom stereocenters. The minimum absolute atomic E-state index is 0. The summed E-state index contributed by atoms with van der Waals surface area (Å²) in [5, 5.41) is 16.7. The van der Waals surface area contributed by atoms with Crippen molar-refractivity contribution in [2.75, 3.05) is 0 Å². The van der Waals surface area contributed by atoms with Crippen LogP contribution in [0, 0.1) is 0 Å². The monoisotopic (exact) mass is 281 g/mol. The third-order valence-electron chi connectivity index (χ3n) is 0.824. The van der Waals surface area contributed by atoms with E-state index in [1.54, 1.807) is 0 Å². The molecule has 0 fully saturated rings. The van der Waals surface area contributed by atoms with Crippen molar-refractivity contribution in [2.24, 2.45) is 0 Å². The van der Waals surface area contributed by atoms with Gasteiger partial charge in [-0.25, -0.2) is 0 Å². The Morgan fingerprint density at radius 1 is 0.812 bits per heavy atom. The summed E-state index contributed by atoms with van der Waals surface area (Å²) in [5.74, 6) is -0.125. The maximum Gasteiger partial charge on any atom is 0.155 e. The number of aliphatic hydroxyl groups excluding tert-OH is 2. The second kappa shape index (κ2) is 13.9. The zero-order valence-corrected chi connectivity index (χ0v) is 10.6. The van der Waals surface area contributed by atoms with E-state index in [1.165, 1.54) is 39.8 Å². The molecule has 0 atom stereocenters. The molecule has 0 bridgehead atoms. The number of ketones is 2. The molecule has 0 aromatic rings. The molecule has 4 N–H and O–H groups in total. The van der Waals surface area contributed by atoms with Crippen LogP contribution in [0.25, 0.3) is 0 Å². The van der Waals surface area contributed by atoms with Crippen molar-refractivity contribution in [1.82, 2.24) is 0 Å². The van der Waals surface area contributed by atoms with Gasteiger partial charge in [0.05, 0.1) is 11.5 Å². The molecule has 0 spiro atoms. The second-order valence-corrected chi connectivity index (χ2v) is 2.79. The number of carbonyl (C=O) groups is 2. The Bertz CT molecular complexity index is 232. The summed E-state index contributed by atoms with van der Waals surface area (Å²) in [4.78, 5) is 20.0. The molecule has 5 nitrogen and oxygen atoms in total. The van der Waals surface area contributed by atoms with E-state index in [2.05, 4.69) is 0 Å². The van der Waals surface area contributed by atoms with Gasteiger partial charge in [0.2, 0.25) is 0 Å². The van der Waals surface area contributed by atoms with Crippen LogP contribution in [0.4, 0.5) is 0 Å². The van der Waals surface area contributed by atoms with Gasteiger partial charge in [0.15, 0.2) is 11.6 Å². The van der Waals surface area contributed by atoms with E-state index >= 15 is 0 Å². The Hall–Kier alpha value is -1.10. The van der Waals surface area contributed by atoms with E-state index < -0.39 is 0 Å². The van der Waals surface area contributed by atoms with Gasteiger partial charge in [-0.2, -0.15) is 0 Å². The number of carbonyl (C=O) groups excluding carboxylic acids is 2. The van der Waals surface area contributed by atoms with Gasteiger partial charge in [-0.05, 0) is 27.7 Å². The number of allylic oxidation sites excluding steroid dienone is 4. The van der Waals surface area contributed by atoms with Crippen LogP contribution in [0.15, 0.2) is 23.7 Å². The first-order valence-electron chi connectivity index (χ1n) is 4.01. The minimum Gasteiger partial charge on any atom is -0.512 e. The molecule has 0 aliphatic carbocycles. The van der Waals surface area contributed by atoms with Gasteiger partial charge in [0.1, 0.15) is 0 Å². The van der Waals surface area contributed by atoms with E-state index in [1.807, 2.05) is 0 Å². The molecule has 1 radical (unpaired) electrons. The zero-order valence-electron chi connectivity index (χ0n) is 9.67.